The largest absolute Gasteiger partial charge is 0.399 e. The summed E-state index contributed by atoms with van der Waals surface area (Å²) in [6, 6.07) is 5.72. The van der Waals surface area contributed by atoms with Crippen LogP contribution >= 0.6 is 9.03 Å². The third-order valence-corrected chi connectivity index (χ3v) is 2.03. The number of hydrogen-bond donors (Lipinski definition) is 2. The van der Waals surface area contributed by atoms with Crippen LogP contribution in [0.5, 0.6) is 0 Å². The first-order valence-corrected chi connectivity index (χ1v) is 4.00. The zero-order chi connectivity index (χ0) is 8.55. The molecule has 1 aromatic carbocycles. The van der Waals surface area contributed by atoms with E-state index in [1.54, 1.807) is 0 Å². The Labute approximate surface area is 71.9 Å². The standard InChI is InChI=1S/C8H8N3P/c9-6-2-1-5-4-10-8(11-12)7(5)3-6/h1-4,10,12H,9H2. The fraction of sp³-hybridized carbons (Fsp3) is 0. The first-order chi connectivity index (χ1) is 5.81. The van der Waals surface area contributed by atoms with Crippen molar-refractivity contribution in [3.63, 3.8) is 0 Å². The number of aromatic amines is 1. The lowest BCUT2D eigenvalue weighted by Crippen LogP contribution is -1.81. The summed E-state index contributed by atoms with van der Waals surface area (Å²) in [6.45, 7) is 0. The van der Waals surface area contributed by atoms with Gasteiger partial charge in [-0.3, -0.25) is 0 Å². The Bertz CT molecular complexity index is 433. The molecule has 0 fully saturated rings. The van der Waals surface area contributed by atoms with Crippen molar-refractivity contribution >= 4 is 31.3 Å². The minimum absolute atomic E-state index is 0.749. The van der Waals surface area contributed by atoms with Gasteiger partial charge in [0, 0.05) is 22.7 Å². The van der Waals surface area contributed by atoms with Gasteiger partial charge < -0.3 is 10.7 Å². The number of anilines is 1. The van der Waals surface area contributed by atoms with E-state index in [4.69, 9.17) is 5.73 Å². The number of rotatable bonds is 1. The molecule has 0 saturated heterocycles. The Morgan fingerprint density at radius 3 is 3.00 bits per heavy atom. The second-order valence-electron chi connectivity index (χ2n) is 2.60. The zero-order valence-electron chi connectivity index (χ0n) is 6.33. The second kappa shape index (κ2) is 2.61. The van der Waals surface area contributed by atoms with Crippen molar-refractivity contribution in [1.29, 1.82) is 0 Å². The molecule has 0 saturated carbocycles. The number of hydrogen-bond acceptors (Lipinski definition) is 2. The molecule has 12 heavy (non-hydrogen) atoms. The number of fused-ring (bicyclic) bond motifs is 1. The Morgan fingerprint density at radius 1 is 1.42 bits per heavy atom. The summed E-state index contributed by atoms with van der Waals surface area (Å²) in [5.41, 5.74) is 6.38. The molecule has 3 nitrogen and oxygen atoms in total. The van der Waals surface area contributed by atoms with Crippen LogP contribution in [0.2, 0.25) is 0 Å². The Kier molecular flexibility index (Phi) is 1.59. The molecule has 1 heterocycles. The van der Waals surface area contributed by atoms with Crippen LogP contribution in [0.3, 0.4) is 0 Å². The SMILES string of the molecule is Nc1ccc2c[nH]c(N=P)c2c1. The molecule has 0 spiro atoms. The van der Waals surface area contributed by atoms with E-state index in [-0.39, 0.29) is 0 Å². The van der Waals surface area contributed by atoms with Crippen LogP contribution in [-0.4, -0.2) is 4.98 Å². The zero-order valence-corrected chi connectivity index (χ0v) is 7.33. The van der Waals surface area contributed by atoms with Crippen molar-refractivity contribution in [3.05, 3.63) is 24.4 Å². The van der Waals surface area contributed by atoms with Crippen molar-refractivity contribution in [2.45, 2.75) is 0 Å². The number of nitrogens with two attached hydrogens (primary N) is 1. The number of nitrogen functional groups attached to an aromatic ring is 1. The van der Waals surface area contributed by atoms with Gasteiger partial charge in [0.05, 0.1) is 0 Å². The molecule has 60 valence electrons. The molecule has 2 aromatic rings. The summed E-state index contributed by atoms with van der Waals surface area (Å²) >= 11 is 0. The maximum atomic E-state index is 5.64. The molecule has 0 aliphatic rings. The molecular weight excluding hydrogens is 169 g/mol. The lowest BCUT2D eigenvalue weighted by molar-refractivity contribution is 1.37. The summed E-state index contributed by atoms with van der Waals surface area (Å²) in [4.78, 5) is 3.02. The van der Waals surface area contributed by atoms with Gasteiger partial charge in [-0.25, -0.2) is 4.74 Å². The normalized spacial score (nSPS) is 10.3. The van der Waals surface area contributed by atoms with Crippen molar-refractivity contribution in [1.82, 2.24) is 4.98 Å². The van der Waals surface area contributed by atoms with Gasteiger partial charge in [0.1, 0.15) is 5.82 Å². The lowest BCUT2D eigenvalue weighted by atomic mass is 10.2. The van der Waals surface area contributed by atoms with Gasteiger partial charge in [-0.15, -0.1) is 0 Å². The molecule has 0 atom stereocenters. The molecule has 0 aliphatic heterocycles. The van der Waals surface area contributed by atoms with Crippen molar-refractivity contribution < 1.29 is 0 Å². The van der Waals surface area contributed by atoms with Crippen LogP contribution < -0.4 is 5.73 Å². The van der Waals surface area contributed by atoms with Gasteiger partial charge in [-0.2, -0.15) is 0 Å². The van der Waals surface area contributed by atoms with Crippen LogP contribution in [0, 0.1) is 0 Å². The minimum Gasteiger partial charge on any atom is -0.399 e. The molecule has 0 bridgehead atoms. The molecule has 4 heteroatoms. The van der Waals surface area contributed by atoms with E-state index in [1.807, 2.05) is 24.4 Å². The highest BCUT2D eigenvalue weighted by Crippen LogP contribution is 2.27. The first kappa shape index (κ1) is 7.32. The number of H-pyrrole nitrogens is 1. The molecule has 0 radical (unpaired) electrons. The predicted octanol–water partition coefficient (Wildman–Crippen LogP) is 2.71. The van der Waals surface area contributed by atoms with Crippen LogP contribution in [0.4, 0.5) is 11.5 Å². The first-order valence-electron chi connectivity index (χ1n) is 3.55. The number of benzene rings is 1. The van der Waals surface area contributed by atoms with Crippen LogP contribution in [0.15, 0.2) is 29.1 Å². The van der Waals surface area contributed by atoms with Crippen molar-refractivity contribution in [2.24, 2.45) is 4.74 Å². The topological polar surface area (TPSA) is 54.2 Å². The highest BCUT2D eigenvalue weighted by Gasteiger charge is 2.00. The van der Waals surface area contributed by atoms with Crippen LogP contribution in [0.25, 0.3) is 10.8 Å². The van der Waals surface area contributed by atoms with E-state index in [0.717, 1.165) is 22.3 Å². The fourth-order valence-electron chi connectivity index (χ4n) is 1.22. The van der Waals surface area contributed by atoms with Gasteiger partial charge in [-0.05, 0) is 21.2 Å². The smallest absolute Gasteiger partial charge is 0.141 e. The highest BCUT2D eigenvalue weighted by molar-refractivity contribution is 7.04. The van der Waals surface area contributed by atoms with Gasteiger partial charge in [0.2, 0.25) is 0 Å². The van der Waals surface area contributed by atoms with Gasteiger partial charge in [-0.1, -0.05) is 6.07 Å². The average molecular weight is 177 g/mol. The maximum Gasteiger partial charge on any atom is 0.141 e. The fourth-order valence-corrected chi connectivity index (χ4v) is 1.41. The molecule has 0 amide bonds. The monoisotopic (exact) mass is 177 g/mol. The average Bonchev–Trinajstić information content (AvgIpc) is 2.46. The second-order valence-corrected chi connectivity index (χ2v) is 2.82. The number of aromatic nitrogens is 1. The molecular formula is C8H8N3P. The summed E-state index contributed by atoms with van der Waals surface area (Å²) in [6.07, 6.45) is 1.90. The van der Waals surface area contributed by atoms with Crippen LogP contribution in [0.1, 0.15) is 0 Å². The van der Waals surface area contributed by atoms with E-state index < -0.39 is 0 Å². The quantitative estimate of drug-likeness (QED) is 0.510. The minimum atomic E-state index is 0.749. The third kappa shape index (κ3) is 0.990. The van der Waals surface area contributed by atoms with E-state index in [0.29, 0.717) is 0 Å². The van der Waals surface area contributed by atoms with Crippen molar-refractivity contribution in [2.75, 3.05) is 5.73 Å². The summed E-state index contributed by atoms with van der Waals surface area (Å²) < 4.78 is 3.89. The van der Waals surface area contributed by atoms with E-state index in [2.05, 4.69) is 18.8 Å². The van der Waals surface area contributed by atoms with Crippen LogP contribution in [-0.2, 0) is 0 Å². The highest BCUT2D eigenvalue weighted by atomic mass is 31.0. The molecule has 1 aromatic heterocycles. The number of nitrogens with zero attached hydrogens (tertiary/aromatic N) is 1. The number of nitrogens with one attached hydrogen (secondary N) is 1. The van der Waals surface area contributed by atoms with Gasteiger partial charge in [0.15, 0.2) is 0 Å². The predicted molar refractivity (Wildman–Crippen MR) is 53.1 cm³/mol. The molecule has 0 aliphatic carbocycles. The van der Waals surface area contributed by atoms with Crippen molar-refractivity contribution in [3.8, 4) is 0 Å². The third-order valence-electron chi connectivity index (χ3n) is 1.81. The summed E-state index contributed by atoms with van der Waals surface area (Å²) in [5.74, 6) is 0.800. The maximum absolute atomic E-state index is 5.64. The lowest BCUT2D eigenvalue weighted by Gasteiger charge is -1.92. The van der Waals surface area contributed by atoms with E-state index in [1.165, 1.54) is 0 Å². The van der Waals surface area contributed by atoms with E-state index >= 15 is 0 Å². The van der Waals surface area contributed by atoms with Gasteiger partial charge >= 0.3 is 0 Å². The molecule has 0 unspecified atom stereocenters. The summed E-state index contributed by atoms with van der Waals surface area (Å²) in [5, 5.41) is 2.14. The Hall–Kier alpha value is -1.34. The molecule has 3 N–H and O–H groups in total. The molecule has 2 rings (SSSR count). The summed E-state index contributed by atoms with van der Waals surface area (Å²) in [7, 11) is 3.08. The Balaban J connectivity index is 2.83. The van der Waals surface area contributed by atoms with E-state index in [9.17, 15) is 0 Å². The Morgan fingerprint density at radius 2 is 2.25 bits per heavy atom. The van der Waals surface area contributed by atoms with Gasteiger partial charge in [0.25, 0.3) is 0 Å².